The Bertz CT molecular complexity index is 412. The van der Waals surface area contributed by atoms with Crippen LogP contribution >= 0.6 is 0 Å². The SMILES string of the molecule is CC(C)(O)CCn1cc2c(c1)C(=O)CCCC2. The Balaban J connectivity index is 2.11. The zero-order valence-electron chi connectivity index (χ0n) is 10.7. The number of hydrogen-bond donors (Lipinski definition) is 1. The van der Waals surface area contributed by atoms with Gasteiger partial charge in [-0.15, -0.1) is 0 Å². The highest BCUT2D eigenvalue weighted by Gasteiger charge is 2.18. The number of ketones is 1. The van der Waals surface area contributed by atoms with Gasteiger partial charge in [0.15, 0.2) is 5.78 Å². The first-order valence-corrected chi connectivity index (χ1v) is 6.40. The maximum atomic E-state index is 11.9. The predicted octanol–water partition coefficient (Wildman–Crippen LogP) is 2.56. The van der Waals surface area contributed by atoms with E-state index >= 15 is 0 Å². The van der Waals surface area contributed by atoms with Crippen molar-refractivity contribution >= 4 is 5.78 Å². The molecule has 0 saturated carbocycles. The van der Waals surface area contributed by atoms with E-state index < -0.39 is 5.60 Å². The topological polar surface area (TPSA) is 42.2 Å². The van der Waals surface area contributed by atoms with Crippen molar-refractivity contribution in [3.05, 3.63) is 23.5 Å². The lowest BCUT2D eigenvalue weighted by molar-refractivity contribution is 0.0662. The minimum atomic E-state index is -0.647. The second-order valence-corrected chi connectivity index (χ2v) is 5.63. The van der Waals surface area contributed by atoms with Crippen molar-refractivity contribution < 1.29 is 9.90 Å². The fourth-order valence-corrected chi connectivity index (χ4v) is 2.27. The van der Waals surface area contributed by atoms with Crippen LogP contribution in [0.4, 0.5) is 0 Å². The highest BCUT2D eigenvalue weighted by molar-refractivity contribution is 5.97. The second kappa shape index (κ2) is 4.65. The molecule has 1 aliphatic carbocycles. The predicted molar refractivity (Wildman–Crippen MR) is 67.2 cm³/mol. The van der Waals surface area contributed by atoms with Crippen LogP contribution in [0, 0.1) is 0 Å². The summed E-state index contributed by atoms with van der Waals surface area (Å²) in [5, 5.41) is 9.70. The molecule has 0 unspecified atom stereocenters. The van der Waals surface area contributed by atoms with Gasteiger partial charge in [-0.25, -0.2) is 0 Å². The number of carbonyl (C=O) groups excluding carboxylic acids is 1. The summed E-state index contributed by atoms with van der Waals surface area (Å²) < 4.78 is 2.05. The molecule has 1 N–H and O–H groups in total. The fraction of sp³-hybridized carbons (Fsp3) is 0.643. The average Bonchev–Trinajstić information content (AvgIpc) is 2.57. The van der Waals surface area contributed by atoms with Crippen LogP contribution in [0.15, 0.2) is 12.4 Å². The third-order valence-corrected chi connectivity index (χ3v) is 3.34. The van der Waals surface area contributed by atoms with Gasteiger partial charge in [0.2, 0.25) is 0 Å². The Hall–Kier alpha value is -1.09. The summed E-state index contributed by atoms with van der Waals surface area (Å²) in [6.45, 7) is 4.39. The highest BCUT2D eigenvalue weighted by atomic mass is 16.3. The number of carbonyl (C=O) groups is 1. The molecule has 0 amide bonds. The molecule has 2 rings (SSSR count). The molecule has 0 aromatic carbocycles. The summed E-state index contributed by atoms with van der Waals surface area (Å²) in [6, 6.07) is 0. The maximum Gasteiger partial charge on any atom is 0.164 e. The number of nitrogens with zero attached hydrogens (tertiary/aromatic N) is 1. The van der Waals surface area contributed by atoms with Crippen LogP contribution in [0.1, 0.15) is 55.5 Å². The van der Waals surface area contributed by atoms with Crippen molar-refractivity contribution in [3.8, 4) is 0 Å². The van der Waals surface area contributed by atoms with Gasteiger partial charge in [0, 0.05) is 30.9 Å². The monoisotopic (exact) mass is 235 g/mol. The largest absolute Gasteiger partial charge is 0.390 e. The summed E-state index contributed by atoms with van der Waals surface area (Å²) in [5.74, 6) is 0.277. The summed E-state index contributed by atoms with van der Waals surface area (Å²) in [6.07, 6.45) is 8.54. The van der Waals surface area contributed by atoms with Gasteiger partial charge in [-0.3, -0.25) is 4.79 Å². The van der Waals surface area contributed by atoms with Gasteiger partial charge in [-0.05, 0) is 45.1 Å². The molecule has 1 aromatic rings. The third kappa shape index (κ3) is 3.19. The van der Waals surface area contributed by atoms with Gasteiger partial charge in [0.1, 0.15) is 0 Å². The molecule has 3 heteroatoms. The maximum absolute atomic E-state index is 11.9. The Morgan fingerprint density at radius 3 is 2.71 bits per heavy atom. The van der Waals surface area contributed by atoms with E-state index in [4.69, 9.17) is 0 Å². The van der Waals surface area contributed by atoms with Crippen molar-refractivity contribution in [3.63, 3.8) is 0 Å². The van der Waals surface area contributed by atoms with E-state index in [1.807, 2.05) is 24.6 Å². The fourth-order valence-electron chi connectivity index (χ4n) is 2.27. The van der Waals surface area contributed by atoms with E-state index in [9.17, 15) is 9.90 Å². The van der Waals surface area contributed by atoms with Crippen LogP contribution in [-0.4, -0.2) is 21.1 Å². The van der Waals surface area contributed by atoms with Gasteiger partial charge >= 0.3 is 0 Å². The van der Waals surface area contributed by atoms with E-state index in [1.54, 1.807) is 0 Å². The van der Waals surface area contributed by atoms with Crippen molar-refractivity contribution in [2.24, 2.45) is 0 Å². The molecule has 0 radical (unpaired) electrons. The normalized spacial score (nSPS) is 16.8. The minimum absolute atomic E-state index is 0.277. The van der Waals surface area contributed by atoms with Crippen molar-refractivity contribution in [2.45, 2.75) is 58.1 Å². The molecule has 1 aliphatic rings. The van der Waals surface area contributed by atoms with E-state index in [0.29, 0.717) is 12.8 Å². The van der Waals surface area contributed by atoms with Crippen molar-refractivity contribution in [1.29, 1.82) is 0 Å². The van der Waals surface area contributed by atoms with Crippen LogP contribution in [0.25, 0.3) is 0 Å². The lowest BCUT2D eigenvalue weighted by atomic mass is 10.1. The average molecular weight is 235 g/mol. The molecule has 0 spiro atoms. The van der Waals surface area contributed by atoms with Crippen LogP contribution < -0.4 is 0 Å². The van der Waals surface area contributed by atoms with Crippen LogP contribution in [0.2, 0.25) is 0 Å². The molecular formula is C14H21NO2. The second-order valence-electron chi connectivity index (χ2n) is 5.63. The first-order valence-electron chi connectivity index (χ1n) is 6.40. The van der Waals surface area contributed by atoms with E-state index in [1.165, 1.54) is 5.56 Å². The summed E-state index contributed by atoms with van der Waals surface area (Å²) in [4.78, 5) is 11.9. The number of hydrogen-bond acceptors (Lipinski definition) is 2. The van der Waals surface area contributed by atoms with Gasteiger partial charge in [0.25, 0.3) is 0 Å². The molecule has 17 heavy (non-hydrogen) atoms. The minimum Gasteiger partial charge on any atom is -0.390 e. The van der Waals surface area contributed by atoms with Gasteiger partial charge in [0.05, 0.1) is 5.60 Å². The first kappa shape index (κ1) is 12.4. The van der Waals surface area contributed by atoms with E-state index in [2.05, 4.69) is 6.20 Å². The molecule has 0 fully saturated rings. The van der Waals surface area contributed by atoms with Crippen LogP contribution in [0.5, 0.6) is 0 Å². The first-order chi connectivity index (χ1) is 7.96. The van der Waals surface area contributed by atoms with Crippen LogP contribution in [0.3, 0.4) is 0 Å². The number of fused-ring (bicyclic) bond motifs is 1. The molecule has 0 atom stereocenters. The zero-order chi connectivity index (χ0) is 12.5. The molecule has 94 valence electrons. The number of rotatable bonds is 3. The Morgan fingerprint density at radius 1 is 1.29 bits per heavy atom. The third-order valence-electron chi connectivity index (χ3n) is 3.34. The molecular weight excluding hydrogens is 214 g/mol. The quantitative estimate of drug-likeness (QED) is 0.818. The summed E-state index contributed by atoms with van der Waals surface area (Å²) in [7, 11) is 0. The smallest absolute Gasteiger partial charge is 0.164 e. The Labute approximate surface area is 102 Å². The van der Waals surface area contributed by atoms with Crippen molar-refractivity contribution in [2.75, 3.05) is 0 Å². The molecule has 1 heterocycles. The standard InChI is InChI=1S/C14H21NO2/c1-14(2,17)7-8-15-9-11-5-3-4-6-13(16)12(11)10-15/h9-10,17H,3-8H2,1-2H3. The van der Waals surface area contributed by atoms with Gasteiger partial charge < -0.3 is 9.67 Å². The van der Waals surface area contributed by atoms with E-state index in [0.717, 1.165) is 31.4 Å². The van der Waals surface area contributed by atoms with Crippen molar-refractivity contribution in [1.82, 2.24) is 4.57 Å². The van der Waals surface area contributed by atoms with E-state index in [-0.39, 0.29) is 5.78 Å². The number of aliphatic hydroxyl groups is 1. The number of aromatic nitrogens is 1. The molecule has 1 aromatic heterocycles. The molecule has 0 saturated heterocycles. The van der Waals surface area contributed by atoms with Crippen LogP contribution in [-0.2, 0) is 13.0 Å². The lowest BCUT2D eigenvalue weighted by Crippen LogP contribution is -2.20. The highest BCUT2D eigenvalue weighted by Crippen LogP contribution is 2.22. The lowest BCUT2D eigenvalue weighted by Gasteiger charge is -2.16. The zero-order valence-corrected chi connectivity index (χ0v) is 10.7. The molecule has 0 bridgehead atoms. The van der Waals surface area contributed by atoms with Gasteiger partial charge in [-0.1, -0.05) is 0 Å². The summed E-state index contributed by atoms with van der Waals surface area (Å²) in [5.41, 5.74) is 1.44. The number of Topliss-reactive ketones (excluding diaryl/α,β-unsaturated/α-hetero) is 1. The summed E-state index contributed by atoms with van der Waals surface area (Å²) >= 11 is 0. The molecule has 0 aliphatic heterocycles. The number of aryl methyl sites for hydroxylation is 2. The van der Waals surface area contributed by atoms with Gasteiger partial charge in [-0.2, -0.15) is 0 Å². The Kier molecular flexibility index (Phi) is 3.38. The molecule has 3 nitrogen and oxygen atoms in total. The Morgan fingerprint density at radius 2 is 2.00 bits per heavy atom.